The molecule has 0 aromatic rings. The molecular formula is C12H23NO. The van der Waals surface area contributed by atoms with Crippen LogP contribution >= 0.6 is 0 Å². The maximum absolute atomic E-state index is 9.63. The number of aliphatic hydroxyl groups is 1. The van der Waals surface area contributed by atoms with Crippen molar-refractivity contribution in [3.63, 3.8) is 0 Å². The Hall–Kier alpha value is -0.0800. The van der Waals surface area contributed by atoms with Crippen LogP contribution in [0.3, 0.4) is 0 Å². The first-order valence-electron chi connectivity index (χ1n) is 6.18. The van der Waals surface area contributed by atoms with E-state index < -0.39 is 0 Å². The lowest BCUT2D eigenvalue weighted by Gasteiger charge is -2.40. The van der Waals surface area contributed by atoms with Crippen molar-refractivity contribution in [3.8, 4) is 0 Å². The topological polar surface area (TPSA) is 23.5 Å². The summed E-state index contributed by atoms with van der Waals surface area (Å²) in [5.74, 6) is 0.896. The number of hydrogen-bond acceptors (Lipinski definition) is 2. The SMILES string of the molecule is CC1CCCC(N2CCCC(O)C2)C1. The zero-order valence-corrected chi connectivity index (χ0v) is 9.28. The third kappa shape index (κ3) is 2.48. The summed E-state index contributed by atoms with van der Waals surface area (Å²) in [7, 11) is 0. The van der Waals surface area contributed by atoms with Gasteiger partial charge in [0.05, 0.1) is 6.10 Å². The van der Waals surface area contributed by atoms with Crippen LogP contribution in [0.15, 0.2) is 0 Å². The van der Waals surface area contributed by atoms with Gasteiger partial charge in [0.2, 0.25) is 0 Å². The molecule has 1 heterocycles. The molecule has 14 heavy (non-hydrogen) atoms. The molecule has 1 saturated heterocycles. The van der Waals surface area contributed by atoms with Crippen molar-refractivity contribution in [2.75, 3.05) is 13.1 Å². The van der Waals surface area contributed by atoms with Crippen LogP contribution in [-0.2, 0) is 0 Å². The molecule has 1 aliphatic heterocycles. The van der Waals surface area contributed by atoms with Crippen LogP contribution in [0.25, 0.3) is 0 Å². The standard InChI is InChI=1S/C12H23NO/c1-10-4-2-5-11(8-10)13-7-3-6-12(14)9-13/h10-12,14H,2-9H2,1H3. The predicted octanol–water partition coefficient (Wildman–Crippen LogP) is 2.02. The van der Waals surface area contributed by atoms with Gasteiger partial charge in [0, 0.05) is 12.6 Å². The van der Waals surface area contributed by atoms with E-state index in [0.29, 0.717) is 0 Å². The van der Waals surface area contributed by atoms with Gasteiger partial charge in [-0.15, -0.1) is 0 Å². The lowest BCUT2D eigenvalue weighted by molar-refractivity contribution is 0.0300. The quantitative estimate of drug-likeness (QED) is 0.695. The number of likely N-dealkylation sites (tertiary alicyclic amines) is 1. The van der Waals surface area contributed by atoms with E-state index in [1.54, 1.807) is 0 Å². The molecule has 0 aromatic carbocycles. The third-order valence-corrected chi connectivity index (χ3v) is 3.85. The molecule has 1 saturated carbocycles. The highest BCUT2D eigenvalue weighted by atomic mass is 16.3. The average molecular weight is 197 g/mol. The first kappa shape index (κ1) is 10.4. The van der Waals surface area contributed by atoms with E-state index in [4.69, 9.17) is 0 Å². The van der Waals surface area contributed by atoms with Crippen LogP contribution in [0.5, 0.6) is 0 Å². The zero-order valence-electron chi connectivity index (χ0n) is 9.28. The van der Waals surface area contributed by atoms with Crippen LogP contribution in [0, 0.1) is 5.92 Å². The second kappa shape index (κ2) is 4.63. The Kier molecular flexibility index (Phi) is 3.45. The molecule has 2 heteroatoms. The summed E-state index contributed by atoms with van der Waals surface area (Å²) in [6.45, 7) is 4.51. The van der Waals surface area contributed by atoms with Gasteiger partial charge in [-0.05, 0) is 38.1 Å². The van der Waals surface area contributed by atoms with Crippen molar-refractivity contribution in [2.45, 2.75) is 57.6 Å². The van der Waals surface area contributed by atoms with Gasteiger partial charge >= 0.3 is 0 Å². The summed E-state index contributed by atoms with van der Waals surface area (Å²) in [6.07, 6.45) is 7.65. The molecule has 3 unspecified atom stereocenters. The minimum absolute atomic E-state index is 0.0546. The molecule has 2 rings (SSSR count). The van der Waals surface area contributed by atoms with Gasteiger partial charge in [-0.25, -0.2) is 0 Å². The molecule has 2 aliphatic rings. The van der Waals surface area contributed by atoms with Gasteiger partial charge in [0.15, 0.2) is 0 Å². The smallest absolute Gasteiger partial charge is 0.0667 e. The summed E-state index contributed by atoms with van der Waals surface area (Å²) in [5, 5.41) is 9.63. The highest BCUT2D eigenvalue weighted by molar-refractivity contribution is 4.82. The summed E-state index contributed by atoms with van der Waals surface area (Å²) >= 11 is 0. The van der Waals surface area contributed by atoms with Crippen molar-refractivity contribution in [1.29, 1.82) is 0 Å². The van der Waals surface area contributed by atoms with E-state index >= 15 is 0 Å². The molecule has 1 N–H and O–H groups in total. The number of β-amino-alcohol motifs (C(OH)–C–C–N with tert-alkyl or cyclic N) is 1. The van der Waals surface area contributed by atoms with Crippen LogP contribution in [-0.4, -0.2) is 35.2 Å². The average Bonchev–Trinajstić information content (AvgIpc) is 2.18. The first-order valence-corrected chi connectivity index (χ1v) is 6.18. The summed E-state index contributed by atoms with van der Waals surface area (Å²) in [5.41, 5.74) is 0. The highest BCUT2D eigenvalue weighted by Crippen LogP contribution is 2.28. The number of piperidine rings is 1. The lowest BCUT2D eigenvalue weighted by atomic mass is 9.85. The number of nitrogens with zero attached hydrogens (tertiary/aromatic N) is 1. The maximum Gasteiger partial charge on any atom is 0.0667 e. The van der Waals surface area contributed by atoms with E-state index in [2.05, 4.69) is 11.8 Å². The number of hydrogen-bond donors (Lipinski definition) is 1. The second-order valence-electron chi connectivity index (χ2n) is 5.22. The molecule has 82 valence electrons. The molecule has 0 spiro atoms. The van der Waals surface area contributed by atoms with Crippen LogP contribution < -0.4 is 0 Å². The molecule has 2 fully saturated rings. The maximum atomic E-state index is 9.63. The van der Waals surface area contributed by atoms with E-state index in [0.717, 1.165) is 24.9 Å². The van der Waals surface area contributed by atoms with Crippen LogP contribution in [0.4, 0.5) is 0 Å². The van der Waals surface area contributed by atoms with Crippen molar-refractivity contribution < 1.29 is 5.11 Å². The zero-order chi connectivity index (χ0) is 9.97. The Balaban J connectivity index is 1.86. The Morgan fingerprint density at radius 3 is 2.71 bits per heavy atom. The Morgan fingerprint density at radius 2 is 2.00 bits per heavy atom. The van der Waals surface area contributed by atoms with Crippen molar-refractivity contribution in [3.05, 3.63) is 0 Å². The minimum atomic E-state index is -0.0546. The fraction of sp³-hybridized carbons (Fsp3) is 1.00. The monoisotopic (exact) mass is 197 g/mol. The van der Waals surface area contributed by atoms with Crippen molar-refractivity contribution in [2.24, 2.45) is 5.92 Å². The molecule has 3 atom stereocenters. The van der Waals surface area contributed by atoms with E-state index in [1.807, 2.05) is 0 Å². The fourth-order valence-corrected chi connectivity index (χ4v) is 3.05. The minimum Gasteiger partial charge on any atom is -0.392 e. The molecule has 0 aromatic heterocycles. The van der Waals surface area contributed by atoms with Crippen LogP contribution in [0.1, 0.15) is 45.4 Å². The number of aliphatic hydroxyl groups excluding tert-OH is 1. The Labute approximate surface area is 87.3 Å². The summed E-state index contributed by atoms with van der Waals surface area (Å²) in [6, 6.07) is 0.772. The Morgan fingerprint density at radius 1 is 1.14 bits per heavy atom. The van der Waals surface area contributed by atoms with E-state index in [1.165, 1.54) is 38.6 Å². The molecular weight excluding hydrogens is 174 g/mol. The van der Waals surface area contributed by atoms with Crippen LogP contribution in [0.2, 0.25) is 0 Å². The van der Waals surface area contributed by atoms with Crippen molar-refractivity contribution >= 4 is 0 Å². The Bertz CT molecular complexity index is 163. The molecule has 0 bridgehead atoms. The molecule has 0 radical (unpaired) electrons. The third-order valence-electron chi connectivity index (χ3n) is 3.85. The van der Waals surface area contributed by atoms with Gasteiger partial charge in [0.1, 0.15) is 0 Å². The second-order valence-corrected chi connectivity index (χ2v) is 5.22. The lowest BCUT2D eigenvalue weighted by Crippen LogP contribution is -2.46. The summed E-state index contributed by atoms with van der Waals surface area (Å²) < 4.78 is 0. The normalized spacial score (nSPS) is 41.1. The molecule has 0 amide bonds. The molecule has 1 aliphatic carbocycles. The largest absolute Gasteiger partial charge is 0.392 e. The van der Waals surface area contributed by atoms with Gasteiger partial charge in [-0.3, -0.25) is 4.90 Å². The number of rotatable bonds is 1. The van der Waals surface area contributed by atoms with Gasteiger partial charge in [0.25, 0.3) is 0 Å². The van der Waals surface area contributed by atoms with Crippen molar-refractivity contribution in [1.82, 2.24) is 4.90 Å². The first-order chi connectivity index (χ1) is 6.75. The van der Waals surface area contributed by atoms with E-state index in [9.17, 15) is 5.11 Å². The fourth-order valence-electron chi connectivity index (χ4n) is 3.05. The molecule has 2 nitrogen and oxygen atoms in total. The van der Waals surface area contributed by atoms with Gasteiger partial charge in [-0.1, -0.05) is 19.8 Å². The van der Waals surface area contributed by atoms with Gasteiger partial charge < -0.3 is 5.11 Å². The van der Waals surface area contributed by atoms with E-state index in [-0.39, 0.29) is 6.10 Å². The summed E-state index contributed by atoms with van der Waals surface area (Å²) in [4.78, 5) is 2.53. The van der Waals surface area contributed by atoms with Gasteiger partial charge in [-0.2, -0.15) is 0 Å². The predicted molar refractivity (Wildman–Crippen MR) is 58.2 cm³/mol. The highest BCUT2D eigenvalue weighted by Gasteiger charge is 2.27.